The number of rotatable bonds is 6. The average molecular weight is 395 g/mol. The summed E-state index contributed by atoms with van der Waals surface area (Å²) in [7, 11) is 1.56. The van der Waals surface area contributed by atoms with E-state index in [2.05, 4.69) is 37.1 Å². The molecular weight excluding hydrogens is 380 g/mol. The van der Waals surface area contributed by atoms with Crippen molar-refractivity contribution >= 4 is 34.4 Å². The summed E-state index contributed by atoms with van der Waals surface area (Å²) in [6.07, 6.45) is 7.61. The van der Waals surface area contributed by atoms with Crippen molar-refractivity contribution in [1.29, 1.82) is 0 Å². The van der Waals surface area contributed by atoms with Crippen molar-refractivity contribution in [3.8, 4) is 23.8 Å². The van der Waals surface area contributed by atoms with Crippen molar-refractivity contribution in [2.24, 2.45) is 5.10 Å². The second-order valence-electron chi connectivity index (χ2n) is 4.38. The molecule has 0 aliphatic rings. The highest BCUT2D eigenvalue weighted by molar-refractivity contribution is 9.10. The number of aryl methyl sites for hydroxylation is 1. The molecule has 6 nitrogen and oxygen atoms in total. The zero-order chi connectivity index (χ0) is 16.8. The Hall–Kier alpha value is -2.11. The van der Waals surface area contributed by atoms with Crippen molar-refractivity contribution in [3.05, 3.63) is 32.8 Å². The SMILES string of the molecule is C#CCOc1c(Br)cc(/C=N\n2c(CC)n[nH]c2=S)cc1OC. The molecule has 1 aromatic heterocycles. The standard InChI is InChI=1S/C15H15BrN4O2S/c1-4-6-22-14-11(16)7-10(8-12(14)21-3)9-17-20-13(5-2)18-19-15(20)23/h1,7-9H,5-6H2,2-3H3,(H,19,23)/b17-9-. The number of halogens is 1. The Balaban J connectivity index is 2.36. The maximum absolute atomic E-state index is 5.48. The number of methoxy groups -OCH3 is 1. The van der Waals surface area contributed by atoms with Crippen molar-refractivity contribution < 1.29 is 9.47 Å². The van der Waals surface area contributed by atoms with Gasteiger partial charge >= 0.3 is 0 Å². The lowest BCUT2D eigenvalue weighted by Gasteiger charge is -2.11. The van der Waals surface area contributed by atoms with Crippen LogP contribution in [-0.2, 0) is 6.42 Å². The molecular formula is C15H15BrN4O2S. The molecule has 0 aliphatic heterocycles. The Bertz CT molecular complexity index is 820. The van der Waals surface area contributed by atoms with Crippen LogP contribution in [0.5, 0.6) is 11.5 Å². The lowest BCUT2D eigenvalue weighted by molar-refractivity contribution is 0.329. The number of benzene rings is 1. The topological polar surface area (TPSA) is 64.4 Å². The molecule has 2 rings (SSSR count). The number of nitrogens with zero attached hydrogens (tertiary/aromatic N) is 3. The maximum Gasteiger partial charge on any atom is 0.216 e. The summed E-state index contributed by atoms with van der Waals surface area (Å²) >= 11 is 8.61. The predicted octanol–water partition coefficient (Wildman–Crippen LogP) is 3.17. The van der Waals surface area contributed by atoms with Crippen LogP contribution in [0.3, 0.4) is 0 Å². The van der Waals surface area contributed by atoms with Gasteiger partial charge in [-0.2, -0.15) is 14.9 Å². The number of terminal acetylenes is 1. The number of ether oxygens (including phenoxy) is 2. The first-order valence-corrected chi connectivity index (χ1v) is 7.95. The van der Waals surface area contributed by atoms with Crippen LogP contribution in [-0.4, -0.2) is 34.8 Å². The van der Waals surface area contributed by atoms with Gasteiger partial charge in [0.25, 0.3) is 0 Å². The van der Waals surface area contributed by atoms with Gasteiger partial charge in [0.1, 0.15) is 6.61 Å². The van der Waals surface area contributed by atoms with Crippen molar-refractivity contribution in [2.75, 3.05) is 13.7 Å². The molecule has 0 bridgehead atoms. The first kappa shape index (κ1) is 17.2. The molecule has 1 N–H and O–H groups in total. The first-order valence-electron chi connectivity index (χ1n) is 6.75. The highest BCUT2D eigenvalue weighted by Gasteiger charge is 2.11. The summed E-state index contributed by atoms with van der Waals surface area (Å²) in [4.78, 5) is 0. The third kappa shape index (κ3) is 4.00. The smallest absolute Gasteiger partial charge is 0.216 e. The van der Waals surface area contributed by atoms with Crippen molar-refractivity contribution in [3.63, 3.8) is 0 Å². The van der Waals surface area contributed by atoms with E-state index in [-0.39, 0.29) is 6.61 Å². The minimum absolute atomic E-state index is 0.159. The van der Waals surface area contributed by atoms with E-state index in [1.54, 1.807) is 24.1 Å². The molecule has 8 heteroatoms. The number of hydrogen-bond donors (Lipinski definition) is 1. The van der Waals surface area contributed by atoms with Gasteiger partial charge in [-0.1, -0.05) is 12.8 Å². The summed E-state index contributed by atoms with van der Waals surface area (Å²) in [5.41, 5.74) is 0.812. The summed E-state index contributed by atoms with van der Waals surface area (Å²) in [6.45, 7) is 2.14. The fourth-order valence-electron chi connectivity index (χ4n) is 1.86. The number of nitrogens with one attached hydrogen (secondary N) is 1. The molecule has 0 spiro atoms. The van der Waals surface area contributed by atoms with E-state index >= 15 is 0 Å². The third-order valence-electron chi connectivity index (χ3n) is 2.91. The van der Waals surface area contributed by atoms with Gasteiger partial charge in [-0.05, 0) is 45.8 Å². The van der Waals surface area contributed by atoms with Crippen LogP contribution >= 0.6 is 28.1 Å². The lowest BCUT2D eigenvalue weighted by atomic mass is 10.2. The van der Waals surface area contributed by atoms with Crippen LogP contribution in [0.4, 0.5) is 0 Å². The van der Waals surface area contributed by atoms with Crippen LogP contribution in [0, 0.1) is 17.1 Å². The monoisotopic (exact) mass is 394 g/mol. The minimum atomic E-state index is 0.159. The van der Waals surface area contributed by atoms with Gasteiger partial charge in [0.2, 0.25) is 4.77 Å². The Morgan fingerprint density at radius 1 is 1.57 bits per heavy atom. The molecule has 2 aromatic rings. The molecule has 0 atom stereocenters. The fraction of sp³-hybridized carbons (Fsp3) is 0.267. The molecule has 0 unspecified atom stereocenters. The van der Waals surface area contributed by atoms with Gasteiger partial charge in [0.15, 0.2) is 17.3 Å². The number of aromatic amines is 1. The molecule has 0 aliphatic carbocycles. The second-order valence-corrected chi connectivity index (χ2v) is 5.62. The summed E-state index contributed by atoms with van der Waals surface area (Å²) < 4.78 is 13.6. The number of aromatic nitrogens is 3. The van der Waals surface area contributed by atoms with E-state index in [1.807, 2.05) is 13.0 Å². The third-order valence-corrected chi connectivity index (χ3v) is 3.76. The number of hydrogen-bond acceptors (Lipinski definition) is 5. The normalized spacial score (nSPS) is 10.7. The Morgan fingerprint density at radius 2 is 2.35 bits per heavy atom. The van der Waals surface area contributed by atoms with Crippen LogP contribution in [0.15, 0.2) is 21.7 Å². The molecule has 120 valence electrons. The highest BCUT2D eigenvalue weighted by Crippen LogP contribution is 2.36. The second kappa shape index (κ2) is 7.94. The molecule has 0 radical (unpaired) electrons. The largest absolute Gasteiger partial charge is 0.493 e. The van der Waals surface area contributed by atoms with E-state index < -0.39 is 0 Å². The van der Waals surface area contributed by atoms with Gasteiger partial charge in [0, 0.05) is 6.42 Å². The Labute approximate surface area is 147 Å². The van der Waals surface area contributed by atoms with E-state index in [4.69, 9.17) is 28.1 Å². The molecule has 23 heavy (non-hydrogen) atoms. The zero-order valence-corrected chi connectivity index (χ0v) is 15.1. The van der Waals surface area contributed by atoms with Gasteiger partial charge in [-0.25, -0.2) is 0 Å². The molecule has 0 saturated heterocycles. The summed E-state index contributed by atoms with van der Waals surface area (Å²) in [5, 5.41) is 11.2. The van der Waals surface area contributed by atoms with Crippen LogP contribution in [0.25, 0.3) is 0 Å². The van der Waals surface area contributed by atoms with E-state index in [0.717, 1.165) is 22.3 Å². The lowest BCUT2D eigenvalue weighted by Crippen LogP contribution is -2.00. The molecule has 1 aromatic carbocycles. The molecule has 1 heterocycles. The number of H-pyrrole nitrogens is 1. The van der Waals surface area contributed by atoms with Gasteiger partial charge < -0.3 is 9.47 Å². The van der Waals surface area contributed by atoms with Gasteiger partial charge in [-0.15, -0.1) is 6.42 Å². The fourth-order valence-corrected chi connectivity index (χ4v) is 2.64. The zero-order valence-electron chi connectivity index (χ0n) is 12.7. The Morgan fingerprint density at radius 3 is 3.00 bits per heavy atom. The molecule has 0 fully saturated rings. The van der Waals surface area contributed by atoms with Gasteiger partial charge in [-0.3, -0.25) is 5.10 Å². The first-order chi connectivity index (χ1) is 11.1. The summed E-state index contributed by atoms with van der Waals surface area (Å²) in [5.74, 6) is 4.29. The van der Waals surface area contributed by atoms with Crippen molar-refractivity contribution in [2.45, 2.75) is 13.3 Å². The van der Waals surface area contributed by atoms with E-state index in [9.17, 15) is 0 Å². The molecule has 0 amide bonds. The van der Waals surface area contributed by atoms with Crippen LogP contribution < -0.4 is 9.47 Å². The average Bonchev–Trinajstić information content (AvgIpc) is 2.91. The Kier molecular flexibility index (Phi) is 5.96. The molecule has 0 saturated carbocycles. The van der Waals surface area contributed by atoms with E-state index in [0.29, 0.717) is 16.3 Å². The summed E-state index contributed by atoms with van der Waals surface area (Å²) in [6, 6.07) is 3.66. The van der Waals surface area contributed by atoms with Crippen LogP contribution in [0.2, 0.25) is 0 Å². The van der Waals surface area contributed by atoms with Crippen LogP contribution in [0.1, 0.15) is 18.3 Å². The van der Waals surface area contributed by atoms with Gasteiger partial charge in [0.05, 0.1) is 17.8 Å². The minimum Gasteiger partial charge on any atom is -0.493 e. The van der Waals surface area contributed by atoms with Crippen molar-refractivity contribution in [1.82, 2.24) is 14.9 Å². The van der Waals surface area contributed by atoms with E-state index in [1.165, 1.54) is 0 Å². The quantitative estimate of drug-likeness (QED) is 0.464. The maximum atomic E-state index is 5.48. The predicted molar refractivity (Wildman–Crippen MR) is 94.8 cm³/mol. The highest BCUT2D eigenvalue weighted by atomic mass is 79.9.